The first-order valence-corrected chi connectivity index (χ1v) is 8.29. The minimum atomic E-state index is 0.275. The second-order valence-corrected chi connectivity index (χ2v) is 6.42. The highest BCUT2D eigenvalue weighted by atomic mass is 16.5. The van der Waals surface area contributed by atoms with Crippen molar-refractivity contribution in [3.8, 4) is 17.0 Å². The van der Waals surface area contributed by atoms with Gasteiger partial charge in [-0.25, -0.2) is 0 Å². The van der Waals surface area contributed by atoms with Gasteiger partial charge in [0.05, 0.1) is 10.9 Å². The molecule has 24 heavy (non-hydrogen) atoms. The zero-order chi connectivity index (χ0) is 16.5. The Morgan fingerprint density at radius 1 is 1.04 bits per heavy atom. The van der Waals surface area contributed by atoms with Crippen LogP contribution in [0.4, 0.5) is 0 Å². The third-order valence-electron chi connectivity index (χ3n) is 4.74. The molecular weight excluding hydrogens is 302 g/mol. The fraction of sp³-hybridized carbons (Fsp3) is 0.316. The molecule has 2 heterocycles. The van der Waals surface area contributed by atoms with Gasteiger partial charge in [0.1, 0.15) is 11.4 Å². The van der Waals surface area contributed by atoms with E-state index < -0.39 is 0 Å². The lowest BCUT2D eigenvalue weighted by Crippen LogP contribution is -2.43. The molecule has 5 nitrogen and oxygen atoms in total. The maximum atomic E-state index is 10.3. The lowest BCUT2D eigenvalue weighted by Gasteiger charge is -2.32. The summed E-state index contributed by atoms with van der Waals surface area (Å²) in [6.45, 7) is 4.75. The summed E-state index contributed by atoms with van der Waals surface area (Å²) in [6, 6.07) is 13.6. The van der Waals surface area contributed by atoms with E-state index in [9.17, 15) is 5.11 Å². The van der Waals surface area contributed by atoms with Crippen molar-refractivity contribution in [3.05, 3.63) is 48.0 Å². The SMILES string of the molecule is CN1CCN(Cc2c(O)ccc3c(-c4ccccc4)noc23)CC1. The molecule has 0 spiro atoms. The molecule has 1 aromatic heterocycles. The zero-order valence-electron chi connectivity index (χ0n) is 13.8. The largest absolute Gasteiger partial charge is 0.507 e. The number of phenols is 1. The number of rotatable bonds is 3. The van der Waals surface area contributed by atoms with Crippen molar-refractivity contribution in [1.82, 2.24) is 15.0 Å². The number of piperazine rings is 1. The lowest BCUT2D eigenvalue weighted by molar-refractivity contribution is 0.147. The molecule has 0 bridgehead atoms. The molecule has 0 aliphatic carbocycles. The summed E-state index contributed by atoms with van der Waals surface area (Å²) in [7, 11) is 2.14. The van der Waals surface area contributed by atoms with E-state index in [0.717, 1.165) is 48.4 Å². The fourth-order valence-electron chi connectivity index (χ4n) is 3.24. The highest BCUT2D eigenvalue weighted by Gasteiger charge is 2.20. The van der Waals surface area contributed by atoms with Crippen LogP contribution in [0.5, 0.6) is 5.75 Å². The molecule has 1 aliphatic heterocycles. The van der Waals surface area contributed by atoms with Gasteiger partial charge in [-0.1, -0.05) is 35.5 Å². The normalized spacial score (nSPS) is 16.7. The van der Waals surface area contributed by atoms with Crippen LogP contribution in [0.15, 0.2) is 47.0 Å². The number of aromatic hydroxyl groups is 1. The molecule has 0 atom stereocenters. The van der Waals surface area contributed by atoms with E-state index in [-0.39, 0.29) is 5.75 Å². The van der Waals surface area contributed by atoms with Gasteiger partial charge in [-0.15, -0.1) is 0 Å². The highest BCUT2D eigenvalue weighted by Crippen LogP contribution is 2.34. The molecule has 2 aromatic carbocycles. The van der Waals surface area contributed by atoms with Crippen molar-refractivity contribution in [2.45, 2.75) is 6.54 Å². The van der Waals surface area contributed by atoms with Crippen LogP contribution in [0, 0.1) is 0 Å². The first-order chi connectivity index (χ1) is 11.7. The number of nitrogens with zero attached hydrogens (tertiary/aromatic N) is 3. The van der Waals surface area contributed by atoms with Gasteiger partial charge in [0.25, 0.3) is 0 Å². The Bertz CT molecular complexity index is 836. The summed E-state index contributed by atoms with van der Waals surface area (Å²) < 4.78 is 5.63. The van der Waals surface area contributed by atoms with E-state index in [2.05, 4.69) is 22.0 Å². The average Bonchev–Trinajstić information content (AvgIpc) is 3.04. The molecular formula is C19H21N3O2. The van der Waals surface area contributed by atoms with Gasteiger partial charge in [-0.2, -0.15) is 0 Å². The minimum absolute atomic E-state index is 0.275. The van der Waals surface area contributed by atoms with Crippen LogP contribution in [-0.2, 0) is 6.54 Å². The van der Waals surface area contributed by atoms with Crippen molar-refractivity contribution in [1.29, 1.82) is 0 Å². The molecule has 0 amide bonds. The Morgan fingerprint density at radius 3 is 2.54 bits per heavy atom. The fourth-order valence-corrected chi connectivity index (χ4v) is 3.24. The molecule has 3 aromatic rings. The van der Waals surface area contributed by atoms with Crippen molar-refractivity contribution in [2.24, 2.45) is 0 Å². The number of likely N-dealkylation sites (N-methyl/N-ethyl adjacent to an activating group) is 1. The molecule has 1 fully saturated rings. The van der Waals surface area contributed by atoms with Crippen molar-refractivity contribution in [2.75, 3.05) is 33.2 Å². The van der Waals surface area contributed by atoms with Crippen LogP contribution < -0.4 is 0 Å². The minimum Gasteiger partial charge on any atom is -0.507 e. The molecule has 0 unspecified atom stereocenters. The van der Waals surface area contributed by atoms with E-state index in [1.807, 2.05) is 36.4 Å². The zero-order valence-corrected chi connectivity index (χ0v) is 13.8. The Balaban J connectivity index is 1.71. The maximum Gasteiger partial charge on any atom is 0.175 e. The van der Waals surface area contributed by atoms with Gasteiger partial charge >= 0.3 is 0 Å². The Hall–Kier alpha value is -2.37. The summed E-state index contributed by atoms with van der Waals surface area (Å²) in [5.74, 6) is 0.275. The van der Waals surface area contributed by atoms with Gasteiger partial charge in [0.15, 0.2) is 5.58 Å². The Labute approximate surface area is 141 Å². The van der Waals surface area contributed by atoms with E-state index in [0.29, 0.717) is 12.1 Å². The van der Waals surface area contributed by atoms with E-state index in [1.165, 1.54) is 0 Å². The predicted molar refractivity (Wildman–Crippen MR) is 93.9 cm³/mol. The number of hydrogen-bond acceptors (Lipinski definition) is 5. The maximum absolute atomic E-state index is 10.3. The second-order valence-electron chi connectivity index (χ2n) is 6.42. The number of benzene rings is 2. The molecule has 5 heteroatoms. The number of aromatic nitrogens is 1. The van der Waals surface area contributed by atoms with Gasteiger partial charge in [-0.3, -0.25) is 4.90 Å². The lowest BCUT2D eigenvalue weighted by atomic mass is 10.0. The highest BCUT2D eigenvalue weighted by molar-refractivity contribution is 5.94. The number of phenolic OH excluding ortho intramolecular Hbond substituents is 1. The summed E-state index contributed by atoms with van der Waals surface area (Å²) in [5, 5.41) is 15.6. The van der Waals surface area contributed by atoms with Crippen LogP contribution in [0.25, 0.3) is 22.2 Å². The van der Waals surface area contributed by atoms with Gasteiger partial charge < -0.3 is 14.5 Å². The van der Waals surface area contributed by atoms with E-state index >= 15 is 0 Å². The number of hydrogen-bond donors (Lipinski definition) is 1. The van der Waals surface area contributed by atoms with Gasteiger partial charge in [-0.05, 0) is 19.2 Å². The molecule has 1 aliphatic rings. The Kier molecular flexibility index (Phi) is 3.96. The van der Waals surface area contributed by atoms with Crippen LogP contribution in [0.3, 0.4) is 0 Å². The first kappa shape index (κ1) is 15.2. The molecule has 0 saturated carbocycles. The smallest absolute Gasteiger partial charge is 0.175 e. The predicted octanol–water partition coefficient (Wildman–Crippen LogP) is 2.95. The molecule has 4 rings (SSSR count). The van der Waals surface area contributed by atoms with Crippen LogP contribution >= 0.6 is 0 Å². The third kappa shape index (κ3) is 2.77. The Morgan fingerprint density at radius 2 is 1.79 bits per heavy atom. The monoisotopic (exact) mass is 323 g/mol. The average molecular weight is 323 g/mol. The second kappa shape index (κ2) is 6.26. The summed E-state index contributed by atoms with van der Waals surface area (Å²) in [6.07, 6.45) is 0. The molecule has 124 valence electrons. The molecule has 0 radical (unpaired) electrons. The van der Waals surface area contributed by atoms with Crippen molar-refractivity contribution in [3.63, 3.8) is 0 Å². The van der Waals surface area contributed by atoms with E-state index in [1.54, 1.807) is 6.07 Å². The van der Waals surface area contributed by atoms with Crippen molar-refractivity contribution < 1.29 is 9.63 Å². The third-order valence-corrected chi connectivity index (χ3v) is 4.74. The van der Waals surface area contributed by atoms with Crippen LogP contribution in [0.1, 0.15) is 5.56 Å². The number of fused-ring (bicyclic) bond motifs is 1. The van der Waals surface area contributed by atoms with Crippen LogP contribution in [-0.4, -0.2) is 53.3 Å². The van der Waals surface area contributed by atoms with Crippen molar-refractivity contribution >= 4 is 11.0 Å². The standard InChI is InChI=1S/C19H21N3O2/c1-21-9-11-22(12-10-21)13-16-17(23)8-7-15-18(20-24-19(15)16)14-5-3-2-4-6-14/h2-8,23H,9-13H2,1H3. The van der Waals surface area contributed by atoms with Gasteiger partial charge in [0.2, 0.25) is 0 Å². The van der Waals surface area contributed by atoms with Gasteiger partial charge in [0, 0.05) is 38.3 Å². The van der Waals surface area contributed by atoms with E-state index in [4.69, 9.17) is 4.52 Å². The molecule has 1 N–H and O–H groups in total. The topological polar surface area (TPSA) is 52.7 Å². The quantitative estimate of drug-likeness (QED) is 0.803. The first-order valence-electron chi connectivity index (χ1n) is 8.29. The summed E-state index contributed by atoms with van der Waals surface area (Å²) >= 11 is 0. The van der Waals surface area contributed by atoms with Crippen LogP contribution in [0.2, 0.25) is 0 Å². The summed E-state index contributed by atoms with van der Waals surface area (Å²) in [4.78, 5) is 4.66. The summed E-state index contributed by atoms with van der Waals surface area (Å²) in [5.41, 5.74) is 3.36. The molecule has 1 saturated heterocycles.